The van der Waals surface area contributed by atoms with Gasteiger partial charge in [0, 0.05) is 0 Å². The highest BCUT2D eigenvalue weighted by Crippen LogP contribution is 2.09. The fourth-order valence-electron chi connectivity index (χ4n) is 1.61. The van der Waals surface area contributed by atoms with Crippen molar-refractivity contribution < 1.29 is 17.7 Å². The number of rotatable bonds is 5. The normalized spacial score (nSPS) is 10.6. The van der Waals surface area contributed by atoms with Crippen LogP contribution in [0, 0.1) is 6.92 Å². The third kappa shape index (κ3) is 8.12. The first-order valence-corrected chi connectivity index (χ1v) is 9.37. The van der Waals surface area contributed by atoms with Gasteiger partial charge in [-0.1, -0.05) is 43.2 Å². The van der Waals surface area contributed by atoms with Crippen molar-refractivity contribution in [2.75, 3.05) is 6.61 Å². The molecule has 1 unspecified atom stereocenters. The van der Waals surface area contributed by atoms with Crippen LogP contribution >= 0.6 is 9.24 Å². The molecule has 126 valence electrons. The third-order valence-corrected chi connectivity index (χ3v) is 4.22. The molecule has 0 aliphatic rings. The van der Waals surface area contributed by atoms with E-state index >= 15 is 0 Å². The van der Waals surface area contributed by atoms with Crippen LogP contribution in [0.15, 0.2) is 53.4 Å². The van der Waals surface area contributed by atoms with Crippen LogP contribution in [0.1, 0.15) is 25.3 Å². The second-order valence-electron chi connectivity index (χ2n) is 5.06. The number of ether oxygens (including phenoxy) is 1. The van der Waals surface area contributed by atoms with Crippen LogP contribution in [0.4, 0.5) is 0 Å². The quantitative estimate of drug-likeness (QED) is 0.506. The van der Waals surface area contributed by atoms with E-state index in [0.29, 0.717) is 0 Å². The highest BCUT2D eigenvalue weighted by molar-refractivity contribution is 7.85. The molecule has 6 heteroatoms. The maximum atomic E-state index is 10.5. The van der Waals surface area contributed by atoms with E-state index < -0.39 is 10.1 Å². The minimum Gasteiger partial charge on any atom is -0.494 e. The van der Waals surface area contributed by atoms with Crippen molar-refractivity contribution in [1.82, 2.24) is 0 Å². The van der Waals surface area contributed by atoms with E-state index in [1.807, 2.05) is 31.2 Å². The molecule has 2 aromatic rings. The van der Waals surface area contributed by atoms with Gasteiger partial charge in [0.2, 0.25) is 0 Å². The lowest BCUT2D eigenvalue weighted by Gasteiger charge is -2.04. The summed E-state index contributed by atoms with van der Waals surface area (Å²) in [4.78, 5) is -0.0666. The zero-order valence-electron chi connectivity index (χ0n) is 13.4. The van der Waals surface area contributed by atoms with E-state index in [1.54, 1.807) is 12.1 Å². The SMILES string of the molecule is CCCCOc1ccc(P)cc1.Cc1ccc(S(=O)(=O)O)cc1. The summed E-state index contributed by atoms with van der Waals surface area (Å²) in [5.74, 6) is 0.967. The van der Waals surface area contributed by atoms with Gasteiger partial charge in [-0.2, -0.15) is 8.42 Å². The smallest absolute Gasteiger partial charge is 0.294 e. The fourth-order valence-corrected chi connectivity index (χ4v) is 2.28. The van der Waals surface area contributed by atoms with E-state index in [2.05, 4.69) is 16.2 Å². The molecule has 0 heterocycles. The van der Waals surface area contributed by atoms with E-state index in [1.165, 1.54) is 23.9 Å². The molecule has 0 saturated carbocycles. The van der Waals surface area contributed by atoms with Gasteiger partial charge in [0.1, 0.15) is 5.75 Å². The lowest BCUT2D eigenvalue weighted by atomic mass is 10.2. The van der Waals surface area contributed by atoms with Gasteiger partial charge in [0.25, 0.3) is 10.1 Å². The Morgan fingerprint density at radius 1 is 1.04 bits per heavy atom. The Bertz CT molecular complexity index is 680. The fraction of sp³-hybridized carbons (Fsp3) is 0.294. The van der Waals surface area contributed by atoms with Crippen molar-refractivity contribution in [3.05, 3.63) is 54.1 Å². The molecule has 0 aromatic heterocycles. The van der Waals surface area contributed by atoms with E-state index in [0.717, 1.165) is 24.3 Å². The highest BCUT2D eigenvalue weighted by atomic mass is 32.2. The first-order chi connectivity index (χ1) is 10.8. The maximum Gasteiger partial charge on any atom is 0.294 e. The number of unbranched alkanes of at least 4 members (excludes halogenated alkanes) is 1. The Labute approximate surface area is 140 Å². The monoisotopic (exact) mass is 354 g/mol. The minimum atomic E-state index is -4.02. The molecule has 0 aliphatic carbocycles. The molecule has 1 atom stereocenters. The summed E-state index contributed by atoms with van der Waals surface area (Å²) >= 11 is 0. The standard InChI is InChI=1S/C10H15OP.C7H8O3S/c1-2-3-8-11-9-4-6-10(12)7-5-9;1-6-2-4-7(5-3-6)11(8,9)10/h4-7H,2-3,8,12H2,1H3;2-5H,1H3,(H,8,9,10). The van der Waals surface area contributed by atoms with Gasteiger partial charge in [0.15, 0.2) is 0 Å². The van der Waals surface area contributed by atoms with E-state index in [-0.39, 0.29) is 4.90 Å². The predicted molar refractivity (Wildman–Crippen MR) is 97.2 cm³/mol. The number of aryl methyl sites for hydroxylation is 1. The van der Waals surface area contributed by atoms with Crippen molar-refractivity contribution in [2.45, 2.75) is 31.6 Å². The summed E-state index contributed by atoms with van der Waals surface area (Å²) in [5, 5.41) is 1.19. The molecule has 0 radical (unpaired) electrons. The Kier molecular flexibility index (Phi) is 8.24. The minimum absolute atomic E-state index is 0.0666. The molecular formula is C17H23O4PS. The Balaban J connectivity index is 0.000000231. The molecule has 0 amide bonds. The zero-order valence-corrected chi connectivity index (χ0v) is 15.4. The summed E-state index contributed by atoms with van der Waals surface area (Å²) in [6.07, 6.45) is 2.31. The first-order valence-electron chi connectivity index (χ1n) is 7.35. The molecular weight excluding hydrogens is 331 g/mol. The molecule has 0 saturated heterocycles. The van der Waals surface area contributed by atoms with Crippen LogP contribution < -0.4 is 10.0 Å². The maximum absolute atomic E-state index is 10.5. The number of hydrogen-bond donors (Lipinski definition) is 1. The summed E-state index contributed by atoms with van der Waals surface area (Å²) in [6.45, 7) is 4.83. The summed E-state index contributed by atoms with van der Waals surface area (Å²) in [6, 6.07) is 14.1. The third-order valence-electron chi connectivity index (χ3n) is 2.97. The van der Waals surface area contributed by atoms with Crippen molar-refractivity contribution in [2.24, 2.45) is 0 Å². The Morgan fingerprint density at radius 2 is 1.61 bits per heavy atom. The largest absolute Gasteiger partial charge is 0.494 e. The topological polar surface area (TPSA) is 63.6 Å². The van der Waals surface area contributed by atoms with Gasteiger partial charge in [-0.15, -0.1) is 9.24 Å². The second kappa shape index (κ2) is 9.66. The number of hydrogen-bond acceptors (Lipinski definition) is 3. The molecule has 23 heavy (non-hydrogen) atoms. The average Bonchev–Trinajstić information content (AvgIpc) is 2.50. The molecule has 4 nitrogen and oxygen atoms in total. The molecule has 0 spiro atoms. The molecule has 2 aromatic carbocycles. The van der Waals surface area contributed by atoms with Crippen molar-refractivity contribution >= 4 is 24.7 Å². The van der Waals surface area contributed by atoms with Gasteiger partial charge in [0.05, 0.1) is 11.5 Å². The summed E-state index contributed by atoms with van der Waals surface area (Å²) in [7, 11) is -1.37. The van der Waals surface area contributed by atoms with Crippen molar-refractivity contribution in [3.63, 3.8) is 0 Å². The molecule has 2 rings (SSSR count). The van der Waals surface area contributed by atoms with Gasteiger partial charge < -0.3 is 4.74 Å². The van der Waals surface area contributed by atoms with Gasteiger partial charge in [-0.3, -0.25) is 4.55 Å². The van der Waals surface area contributed by atoms with Gasteiger partial charge in [-0.05, 0) is 42.9 Å². The Hall–Kier alpha value is -1.42. The Morgan fingerprint density at radius 3 is 2.09 bits per heavy atom. The van der Waals surface area contributed by atoms with E-state index in [4.69, 9.17) is 9.29 Å². The van der Waals surface area contributed by atoms with Crippen LogP contribution in [0.25, 0.3) is 0 Å². The summed E-state index contributed by atoms with van der Waals surface area (Å²) < 4.78 is 35.0. The van der Waals surface area contributed by atoms with Crippen LogP contribution in [-0.2, 0) is 10.1 Å². The first kappa shape index (κ1) is 19.6. The van der Waals surface area contributed by atoms with E-state index in [9.17, 15) is 8.42 Å². The molecule has 0 aliphatic heterocycles. The molecule has 0 bridgehead atoms. The highest BCUT2D eigenvalue weighted by Gasteiger charge is 2.06. The zero-order chi connectivity index (χ0) is 17.3. The summed E-state index contributed by atoms with van der Waals surface area (Å²) in [5.41, 5.74) is 0.956. The molecule has 1 N–H and O–H groups in total. The van der Waals surface area contributed by atoms with Crippen molar-refractivity contribution in [1.29, 1.82) is 0 Å². The van der Waals surface area contributed by atoms with Crippen molar-refractivity contribution in [3.8, 4) is 5.75 Å². The predicted octanol–water partition coefficient (Wildman–Crippen LogP) is 3.61. The average molecular weight is 354 g/mol. The second-order valence-corrected chi connectivity index (χ2v) is 7.15. The van der Waals surface area contributed by atoms with Crippen LogP contribution in [-0.4, -0.2) is 19.6 Å². The van der Waals surface area contributed by atoms with Gasteiger partial charge >= 0.3 is 0 Å². The van der Waals surface area contributed by atoms with Crippen LogP contribution in [0.2, 0.25) is 0 Å². The number of benzene rings is 2. The van der Waals surface area contributed by atoms with Crippen LogP contribution in [0.5, 0.6) is 5.75 Å². The van der Waals surface area contributed by atoms with Crippen LogP contribution in [0.3, 0.4) is 0 Å². The molecule has 0 fully saturated rings. The lowest BCUT2D eigenvalue weighted by molar-refractivity contribution is 0.309. The lowest BCUT2D eigenvalue weighted by Crippen LogP contribution is -1.97. The van der Waals surface area contributed by atoms with Gasteiger partial charge in [-0.25, -0.2) is 0 Å².